The molecule has 0 saturated carbocycles. The number of nitrogens with one attached hydrogen (secondary N) is 1. The first-order valence-electron chi connectivity index (χ1n) is 9.44. The molecule has 1 saturated heterocycles. The van der Waals surface area contributed by atoms with Gasteiger partial charge >= 0.3 is 0 Å². The van der Waals surface area contributed by atoms with Crippen molar-refractivity contribution in [3.8, 4) is 0 Å². The zero-order valence-electron chi connectivity index (χ0n) is 15.9. The molecule has 1 aliphatic heterocycles. The second-order valence-electron chi connectivity index (χ2n) is 7.22. The summed E-state index contributed by atoms with van der Waals surface area (Å²) in [5.74, 6) is -2.86. The van der Waals surface area contributed by atoms with Gasteiger partial charge in [0.05, 0.1) is 11.1 Å². The van der Waals surface area contributed by atoms with Gasteiger partial charge in [-0.1, -0.05) is 0 Å². The normalized spacial score (nSPS) is 16.1. The molecule has 2 amide bonds. The summed E-state index contributed by atoms with van der Waals surface area (Å²) in [6, 6.07) is 6.56. The maximum absolute atomic E-state index is 13.3. The third-order valence-electron chi connectivity index (χ3n) is 5.28. The Morgan fingerprint density at radius 2 is 2.03 bits per heavy atom. The Morgan fingerprint density at radius 3 is 2.80 bits per heavy atom. The summed E-state index contributed by atoms with van der Waals surface area (Å²) in [7, 11) is 0. The van der Waals surface area contributed by atoms with Gasteiger partial charge in [-0.15, -0.1) is 0 Å². The fourth-order valence-electron chi connectivity index (χ4n) is 3.73. The first-order valence-corrected chi connectivity index (χ1v) is 9.44. The summed E-state index contributed by atoms with van der Waals surface area (Å²) in [6.07, 6.45) is 3.87. The Bertz CT molecular complexity index is 1140. The Kier molecular flexibility index (Phi) is 5.26. The fraction of sp³-hybridized carbons (Fsp3) is 0.238. The summed E-state index contributed by atoms with van der Waals surface area (Å²) >= 11 is 0. The number of carbonyl (C=O) groups is 2. The fourth-order valence-corrected chi connectivity index (χ4v) is 3.73. The second-order valence-corrected chi connectivity index (χ2v) is 7.22. The molecule has 0 unspecified atom stereocenters. The Hall–Kier alpha value is -3.62. The van der Waals surface area contributed by atoms with Crippen LogP contribution in [0.15, 0.2) is 42.9 Å². The van der Waals surface area contributed by atoms with Gasteiger partial charge in [-0.2, -0.15) is 0 Å². The second kappa shape index (κ2) is 8.02. The van der Waals surface area contributed by atoms with E-state index in [0.717, 1.165) is 36.2 Å². The van der Waals surface area contributed by atoms with Crippen LogP contribution in [-0.2, 0) is 0 Å². The molecule has 0 radical (unpaired) electrons. The topological polar surface area (TPSA) is 101 Å². The van der Waals surface area contributed by atoms with Crippen LogP contribution in [0.25, 0.3) is 10.9 Å². The number of aromatic nitrogens is 2. The number of rotatable bonds is 5. The number of carbonyl (C=O) groups excluding carboxylic acids is 2. The number of hydrogen-bond acceptors (Lipinski definition) is 5. The van der Waals surface area contributed by atoms with E-state index in [1.165, 1.54) is 12.4 Å². The molecule has 2 heterocycles. The van der Waals surface area contributed by atoms with Crippen molar-refractivity contribution >= 4 is 28.4 Å². The van der Waals surface area contributed by atoms with Crippen LogP contribution in [0.3, 0.4) is 0 Å². The highest BCUT2D eigenvalue weighted by Crippen LogP contribution is 2.31. The maximum Gasteiger partial charge on any atom is 0.251 e. The van der Waals surface area contributed by atoms with Crippen LogP contribution in [0.1, 0.15) is 27.1 Å². The van der Waals surface area contributed by atoms with E-state index in [1.54, 1.807) is 12.3 Å². The third kappa shape index (κ3) is 3.78. The van der Waals surface area contributed by atoms with Crippen molar-refractivity contribution < 1.29 is 18.4 Å². The van der Waals surface area contributed by atoms with E-state index in [-0.39, 0.29) is 11.5 Å². The Labute approximate surface area is 170 Å². The summed E-state index contributed by atoms with van der Waals surface area (Å²) in [6.45, 7) is 1.84. The number of amides is 2. The lowest BCUT2D eigenvalue weighted by atomic mass is 10.1. The quantitative estimate of drug-likeness (QED) is 0.671. The van der Waals surface area contributed by atoms with Crippen molar-refractivity contribution in [2.45, 2.75) is 6.42 Å². The predicted octanol–water partition coefficient (Wildman–Crippen LogP) is 2.26. The molecule has 1 atom stereocenters. The molecule has 1 aliphatic rings. The van der Waals surface area contributed by atoms with Crippen LogP contribution >= 0.6 is 0 Å². The molecule has 154 valence electrons. The van der Waals surface area contributed by atoms with E-state index in [4.69, 9.17) is 5.73 Å². The first-order chi connectivity index (χ1) is 14.4. The molecular formula is C21H19F2N5O2. The molecule has 7 nitrogen and oxygen atoms in total. The minimum atomic E-state index is -1.05. The van der Waals surface area contributed by atoms with E-state index < -0.39 is 23.4 Å². The highest BCUT2D eigenvalue weighted by atomic mass is 19.2. The number of anilines is 1. The number of hydrogen-bond donors (Lipinski definition) is 2. The number of primary amides is 1. The number of nitrogens with zero attached hydrogens (tertiary/aromatic N) is 3. The van der Waals surface area contributed by atoms with Gasteiger partial charge in [0.2, 0.25) is 0 Å². The van der Waals surface area contributed by atoms with Crippen molar-refractivity contribution in [1.29, 1.82) is 0 Å². The van der Waals surface area contributed by atoms with Crippen LogP contribution in [0.2, 0.25) is 0 Å². The number of fused-ring (bicyclic) bond motifs is 1. The molecule has 0 spiro atoms. The number of halogens is 2. The van der Waals surface area contributed by atoms with Crippen LogP contribution in [0.4, 0.5) is 14.5 Å². The molecule has 9 heteroatoms. The molecule has 30 heavy (non-hydrogen) atoms. The SMILES string of the molecule is NC(=O)c1ccc(N2CC[C@H](CNC(=O)c3ccc(F)c(F)c3)C2)c2cncnc12. The summed E-state index contributed by atoms with van der Waals surface area (Å²) in [5.41, 5.74) is 7.26. The number of nitrogens with two attached hydrogens (primary N) is 1. The van der Waals surface area contributed by atoms with Crippen molar-refractivity contribution in [2.75, 3.05) is 24.5 Å². The van der Waals surface area contributed by atoms with Gasteiger partial charge in [-0.3, -0.25) is 9.59 Å². The molecule has 4 rings (SSSR count). The molecule has 0 bridgehead atoms. The summed E-state index contributed by atoms with van der Waals surface area (Å²) < 4.78 is 26.4. The predicted molar refractivity (Wildman–Crippen MR) is 107 cm³/mol. The maximum atomic E-state index is 13.3. The number of benzene rings is 2. The highest BCUT2D eigenvalue weighted by Gasteiger charge is 2.25. The van der Waals surface area contributed by atoms with Crippen molar-refractivity contribution in [3.05, 3.63) is 65.6 Å². The average molecular weight is 411 g/mol. The molecule has 0 aliphatic carbocycles. The van der Waals surface area contributed by atoms with E-state index >= 15 is 0 Å². The van der Waals surface area contributed by atoms with E-state index in [0.29, 0.717) is 24.2 Å². The van der Waals surface area contributed by atoms with Gasteiger partial charge in [0.25, 0.3) is 11.8 Å². The van der Waals surface area contributed by atoms with E-state index in [9.17, 15) is 18.4 Å². The highest BCUT2D eigenvalue weighted by molar-refractivity contribution is 6.08. The van der Waals surface area contributed by atoms with Crippen LogP contribution in [0, 0.1) is 17.6 Å². The molecule has 3 aromatic rings. The van der Waals surface area contributed by atoms with Crippen molar-refractivity contribution in [2.24, 2.45) is 11.7 Å². The van der Waals surface area contributed by atoms with E-state index in [1.807, 2.05) is 6.07 Å². The first kappa shape index (κ1) is 19.7. The van der Waals surface area contributed by atoms with Crippen LogP contribution < -0.4 is 16.0 Å². The van der Waals surface area contributed by atoms with Crippen LogP contribution in [0.5, 0.6) is 0 Å². The smallest absolute Gasteiger partial charge is 0.251 e. The molecule has 1 fully saturated rings. The van der Waals surface area contributed by atoms with Gasteiger partial charge in [0, 0.05) is 42.5 Å². The molecule has 1 aromatic heterocycles. The lowest BCUT2D eigenvalue weighted by Gasteiger charge is -2.21. The Morgan fingerprint density at radius 1 is 1.20 bits per heavy atom. The third-order valence-corrected chi connectivity index (χ3v) is 5.28. The summed E-state index contributed by atoms with van der Waals surface area (Å²) in [5, 5.41) is 3.52. The lowest BCUT2D eigenvalue weighted by Crippen LogP contribution is -2.31. The molecular weight excluding hydrogens is 392 g/mol. The average Bonchev–Trinajstić information content (AvgIpc) is 3.21. The van der Waals surface area contributed by atoms with Crippen molar-refractivity contribution in [1.82, 2.24) is 15.3 Å². The zero-order valence-corrected chi connectivity index (χ0v) is 15.9. The lowest BCUT2D eigenvalue weighted by molar-refractivity contribution is 0.0946. The summed E-state index contributed by atoms with van der Waals surface area (Å²) in [4.78, 5) is 34.3. The minimum absolute atomic E-state index is 0.0777. The van der Waals surface area contributed by atoms with Gasteiger partial charge in [-0.05, 0) is 42.7 Å². The van der Waals surface area contributed by atoms with Gasteiger partial charge in [-0.25, -0.2) is 18.7 Å². The molecule has 3 N–H and O–H groups in total. The van der Waals surface area contributed by atoms with Gasteiger partial charge in [0.1, 0.15) is 6.33 Å². The van der Waals surface area contributed by atoms with Gasteiger partial charge < -0.3 is 16.0 Å². The van der Waals surface area contributed by atoms with Gasteiger partial charge in [0.15, 0.2) is 11.6 Å². The van der Waals surface area contributed by atoms with Crippen LogP contribution in [-0.4, -0.2) is 41.4 Å². The standard InChI is InChI=1S/C21H19F2N5O2/c22-16-3-1-13(7-17(16)23)21(30)26-8-12-5-6-28(10-12)18-4-2-14(20(24)29)19-15(18)9-25-11-27-19/h1-4,7,9,11-12H,5-6,8,10H2,(H2,24,29)(H,26,30)/t12-/m1/s1. The largest absolute Gasteiger partial charge is 0.371 e. The van der Waals surface area contributed by atoms with Crippen molar-refractivity contribution in [3.63, 3.8) is 0 Å². The Balaban J connectivity index is 1.45. The minimum Gasteiger partial charge on any atom is -0.371 e. The van der Waals surface area contributed by atoms with E-state index in [2.05, 4.69) is 20.2 Å². The monoisotopic (exact) mass is 411 g/mol. The zero-order chi connectivity index (χ0) is 21.3. The molecule has 2 aromatic carbocycles.